The van der Waals surface area contributed by atoms with Crippen LogP contribution < -0.4 is 10.6 Å². The van der Waals surface area contributed by atoms with Crippen LogP contribution in [0.1, 0.15) is 29.9 Å². The lowest BCUT2D eigenvalue weighted by molar-refractivity contribution is 0.269. The number of rotatable bonds is 5. The summed E-state index contributed by atoms with van der Waals surface area (Å²) in [6, 6.07) is 17.0. The fourth-order valence-corrected chi connectivity index (χ4v) is 4.71. The molecule has 0 spiro atoms. The largest absolute Gasteiger partial charge is 0.359 e. The minimum atomic E-state index is -0.231. The average molecular weight is 477 g/mol. The minimum Gasteiger partial charge on any atom is -0.359 e. The summed E-state index contributed by atoms with van der Waals surface area (Å²) in [5.74, 6) is 1.44. The Morgan fingerprint density at radius 3 is 2.26 bits per heavy atom. The van der Waals surface area contributed by atoms with E-state index >= 15 is 0 Å². The summed E-state index contributed by atoms with van der Waals surface area (Å²) < 4.78 is 20.5. The van der Waals surface area contributed by atoms with E-state index in [0.717, 1.165) is 80.9 Å². The Kier molecular flexibility index (Phi) is 7.39. The smallest absolute Gasteiger partial charge is 0.197 e. The van der Waals surface area contributed by atoms with Crippen molar-refractivity contribution in [2.24, 2.45) is 4.99 Å². The molecule has 0 saturated carbocycles. The molecule has 1 aromatic heterocycles. The molecule has 0 bridgehead atoms. The number of aliphatic imine (C=N–C) groups is 1. The first-order valence-electron chi connectivity index (χ1n) is 12.4. The zero-order valence-corrected chi connectivity index (χ0v) is 20.2. The Balaban J connectivity index is 1.30. The van der Waals surface area contributed by atoms with Crippen LogP contribution in [0.2, 0.25) is 0 Å². The number of aromatic nitrogens is 1. The van der Waals surface area contributed by atoms with E-state index in [4.69, 9.17) is 9.52 Å². The maximum Gasteiger partial charge on any atom is 0.197 e. The molecule has 3 heterocycles. The van der Waals surface area contributed by atoms with Crippen LogP contribution in [0.5, 0.6) is 0 Å². The molecule has 1 unspecified atom stereocenters. The van der Waals surface area contributed by atoms with Gasteiger partial charge in [0.25, 0.3) is 0 Å². The third-order valence-electron chi connectivity index (χ3n) is 6.77. The number of benzene rings is 2. The van der Waals surface area contributed by atoms with Gasteiger partial charge >= 0.3 is 0 Å². The molecule has 0 amide bonds. The predicted octanol–water partition coefficient (Wildman–Crippen LogP) is 3.30. The Morgan fingerprint density at radius 1 is 0.971 bits per heavy atom. The highest BCUT2D eigenvalue weighted by Crippen LogP contribution is 2.29. The highest BCUT2D eigenvalue weighted by atomic mass is 19.1. The first-order chi connectivity index (χ1) is 17.2. The molecule has 2 N–H and O–H groups in total. The van der Waals surface area contributed by atoms with Crippen molar-refractivity contribution >= 4 is 5.96 Å². The molecule has 2 saturated heterocycles. The van der Waals surface area contributed by atoms with Crippen LogP contribution in [-0.2, 0) is 6.54 Å². The SMILES string of the molecule is CC(c1ccc(-c2ccccc2)c(F)c1)c1cc(CN=C(N2CCNCC2)N2CCNCC2)on1. The van der Waals surface area contributed by atoms with Gasteiger partial charge in [-0.25, -0.2) is 9.38 Å². The summed E-state index contributed by atoms with van der Waals surface area (Å²) >= 11 is 0. The zero-order chi connectivity index (χ0) is 24.0. The topological polar surface area (TPSA) is 68.9 Å². The van der Waals surface area contributed by atoms with Crippen molar-refractivity contribution in [2.75, 3.05) is 52.4 Å². The first-order valence-corrected chi connectivity index (χ1v) is 12.4. The highest BCUT2D eigenvalue weighted by molar-refractivity contribution is 5.80. The van der Waals surface area contributed by atoms with Crippen LogP contribution in [0.15, 0.2) is 64.1 Å². The molecule has 35 heavy (non-hydrogen) atoms. The lowest BCUT2D eigenvalue weighted by Crippen LogP contribution is -2.56. The van der Waals surface area contributed by atoms with Gasteiger partial charge in [0.2, 0.25) is 0 Å². The van der Waals surface area contributed by atoms with Gasteiger partial charge in [-0.3, -0.25) is 0 Å². The number of nitrogens with one attached hydrogen (secondary N) is 2. The van der Waals surface area contributed by atoms with Gasteiger partial charge in [0, 0.05) is 69.9 Å². The van der Waals surface area contributed by atoms with Crippen molar-refractivity contribution in [3.63, 3.8) is 0 Å². The maximum atomic E-state index is 14.9. The fraction of sp³-hybridized carbons (Fsp3) is 0.407. The Bertz CT molecular complexity index is 1120. The molecule has 0 radical (unpaired) electrons. The number of halogens is 1. The Morgan fingerprint density at radius 2 is 1.63 bits per heavy atom. The predicted molar refractivity (Wildman–Crippen MR) is 136 cm³/mol. The Hall–Kier alpha value is -3.23. The fourth-order valence-electron chi connectivity index (χ4n) is 4.71. The van der Waals surface area contributed by atoms with Crippen LogP contribution in [0.4, 0.5) is 4.39 Å². The second kappa shape index (κ2) is 11.0. The molecule has 2 aliphatic rings. The molecule has 3 aromatic rings. The summed E-state index contributed by atoms with van der Waals surface area (Å²) in [5.41, 5.74) is 3.13. The van der Waals surface area contributed by atoms with Gasteiger partial charge in [-0.1, -0.05) is 54.5 Å². The van der Waals surface area contributed by atoms with E-state index in [1.807, 2.05) is 55.5 Å². The number of piperazine rings is 2. The van der Waals surface area contributed by atoms with E-state index in [-0.39, 0.29) is 11.7 Å². The van der Waals surface area contributed by atoms with Crippen LogP contribution in [0, 0.1) is 5.82 Å². The van der Waals surface area contributed by atoms with Gasteiger partial charge in [0.1, 0.15) is 12.4 Å². The molecule has 2 aliphatic heterocycles. The lowest BCUT2D eigenvalue weighted by atomic mass is 9.94. The molecule has 184 valence electrons. The second-order valence-electron chi connectivity index (χ2n) is 9.14. The van der Waals surface area contributed by atoms with Gasteiger partial charge in [-0.2, -0.15) is 0 Å². The summed E-state index contributed by atoms with van der Waals surface area (Å²) in [5, 5.41) is 11.1. The number of hydrogen-bond acceptors (Lipinski definition) is 5. The molecule has 2 aromatic carbocycles. The molecular weight excluding hydrogens is 443 g/mol. The van der Waals surface area contributed by atoms with Crippen LogP contribution in [-0.4, -0.2) is 73.3 Å². The summed E-state index contributed by atoms with van der Waals surface area (Å²) in [6.07, 6.45) is 0. The van der Waals surface area contributed by atoms with E-state index in [0.29, 0.717) is 12.1 Å². The Labute approximate surface area is 206 Å². The standard InChI is InChI=1S/C27H33FN6O/c1-20(22-7-8-24(25(28)17-22)21-5-3-2-4-6-21)26-18-23(35-32-26)19-31-27(33-13-9-29-10-14-33)34-15-11-30-12-16-34/h2-8,17-18,20,29-30H,9-16,19H2,1H3. The highest BCUT2D eigenvalue weighted by Gasteiger charge is 2.22. The molecule has 0 aliphatic carbocycles. The number of nitrogens with zero attached hydrogens (tertiary/aromatic N) is 4. The quantitative estimate of drug-likeness (QED) is 0.435. The van der Waals surface area contributed by atoms with Crippen molar-refractivity contribution in [3.8, 4) is 11.1 Å². The minimum absolute atomic E-state index is 0.0865. The van der Waals surface area contributed by atoms with Crippen molar-refractivity contribution in [1.82, 2.24) is 25.6 Å². The van der Waals surface area contributed by atoms with Crippen LogP contribution in [0.3, 0.4) is 0 Å². The molecule has 7 nitrogen and oxygen atoms in total. The molecule has 5 rings (SSSR count). The van der Waals surface area contributed by atoms with Crippen molar-refractivity contribution in [2.45, 2.75) is 19.4 Å². The first kappa shape index (κ1) is 23.5. The van der Waals surface area contributed by atoms with Crippen LogP contribution >= 0.6 is 0 Å². The second-order valence-corrected chi connectivity index (χ2v) is 9.14. The average Bonchev–Trinajstić information content (AvgIpc) is 3.39. The molecule has 1 atom stereocenters. The summed E-state index contributed by atoms with van der Waals surface area (Å²) in [6.45, 7) is 10.1. The van der Waals surface area contributed by atoms with E-state index in [2.05, 4.69) is 25.6 Å². The zero-order valence-electron chi connectivity index (χ0n) is 20.2. The molecule has 2 fully saturated rings. The van der Waals surface area contributed by atoms with E-state index in [9.17, 15) is 4.39 Å². The van der Waals surface area contributed by atoms with Gasteiger partial charge in [-0.05, 0) is 17.2 Å². The van der Waals surface area contributed by atoms with Crippen LogP contribution in [0.25, 0.3) is 11.1 Å². The monoisotopic (exact) mass is 476 g/mol. The molecule has 8 heteroatoms. The summed E-state index contributed by atoms with van der Waals surface area (Å²) in [7, 11) is 0. The summed E-state index contributed by atoms with van der Waals surface area (Å²) in [4.78, 5) is 9.69. The van der Waals surface area contributed by atoms with Crippen molar-refractivity contribution in [3.05, 3.63) is 77.4 Å². The van der Waals surface area contributed by atoms with E-state index in [1.165, 1.54) is 0 Å². The van der Waals surface area contributed by atoms with Gasteiger partial charge in [-0.15, -0.1) is 0 Å². The normalized spacial score (nSPS) is 17.3. The van der Waals surface area contributed by atoms with E-state index < -0.39 is 0 Å². The number of hydrogen-bond donors (Lipinski definition) is 2. The van der Waals surface area contributed by atoms with Gasteiger partial charge in [0.05, 0.1) is 5.69 Å². The number of guanidine groups is 1. The van der Waals surface area contributed by atoms with Gasteiger partial charge < -0.3 is 25.0 Å². The lowest BCUT2D eigenvalue weighted by Gasteiger charge is -2.38. The molecular formula is C27H33FN6O. The van der Waals surface area contributed by atoms with Crippen molar-refractivity contribution in [1.29, 1.82) is 0 Å². The third-order valence-corrected chi connectivity index (χ3v) is 6.77. The van der Waals surface area contributed by atoms with Crippen molar-refractivity contribution < 1.29 is 8.91 Å². The third kappa shape index (κ3) is 5.55. The maximum absolute atomic E-state index is 14.9. The van der Waals surface area contributed by atoms with E-state index in [1.54, 1.807) is 6.07 Å². The van der Waals surface area contributed by atoms with Gasteiger partial charge in [0.15, 0.2) is 11.7 Å².